The molecule has 3 amide bonds. The fraction of sp³-hybridized carbons (Fsp3) is 0.190. The fourth-order valence-corrected chi connectivity index (χ4v) is 3.54. The average molecular weight is 396 g/mol. The Morgan fingerprint density at radius 3 is 2.43 bits per heavy atom. The molecule has 6 nitrogen and oxygen atoms in total. The summed E-state index contributed by atoms with van der Waals surface area (Å²) in [7, 11) is 0. The molecule has 0 saturated carbocycles. The summed E-state index contributed by atoms with van der Waals surface area (Å²) in [5, 5.41) is 1.37. The summed E-state index contributed by atoms with van der Waals surface area (Å²) in [6.45, 7) is 0.0829. The molecule has 1 N–H and O–H groups in total. The van der Waals surface area contributed by atoms with Gasteiger partial charge in [-0.15, -0.1) is 0 Å². The van der Waals surface area contributed by atoms with Crippen LogP contribution in [0.2, 0.25) is 5.02 Å². The molecule has 2 aromatic carbocycles. The molecule has 1 fully saturated rings. The second kappa shape index (κ2) is 7.48. The summed E-state index contributed by atoms with van der Waals surface area (Å²) in [6.07, 6.45) is 0.592. The van der Waals surface area contributed by atoms with Crippen molar-refractivity contribution < 1.29 is 14.4 Å². The Kier molecular flexibility index (Phi) is 4.88. The molecule has 1 aliphatic rings. The Morgan fingerprint density at radius 2 is 1.71 bits per heavy atom. The third kappa shape index (κ3) is 3.64. The van der Waals surface area contributed by atoms with Crippen LogP contribution in [0.25, 0.3) is 10.9 Å². The molecule has 0 radical (unpaired) electrons. The lowest BCUT2D eigenvalue weighted by Gasteiger charge is -2.32. The number of fused-ring (bicyclic) bond motifs is 1. The van der Waals surface area contributed by atoms with E-state index in [0.29, 0.717) is 23.7 Å². The van der Waals surface area contributed by atoms with Crippen LogP contribution in [-0.4, -0.2) is 52.1 Å². The molecule has 1 aromatic heterocycles. The van der Waals surface area contributed by atoms with Crippen molar-refractivity contribution in [3.05, 3.63) is 70.9 Å². The topological polar surface area (TPSA) is 73.5 Å². The van der Waals surface area contributed by atoms with Crippen molar-refractivity contribution in [1.29, 1.82) is 0 Å². The highest BCUT2D eigenvalue weighted by Crippen LogP contribution is 2.21. The number of hydrogen-bond acceptors (Lipinski definition) is 3. The van der Waals surface area contributed by atoms with Crippen LogP contribution in [0.4, 0.5) is 0 Å². The largest absolute Gasteiger partial charge is 0.351 e. The zero-order chi connectivity index (χ0) is 19.7. The molecule has 1 saturated heterocycles. The van der Waals surface area contributed by atoms with Crippen molar-refractivity contribution in [1.82, 2.24) is 14.8 Å². The van der Waals surface area contributed by atoms with Crippen molar-refractivity contribution in [2.75, 3.05) is 19.6 Å². The maximum absolute atomic E-state index is 12.8. The van der Waals surface area contributed by atoms with Gasteiger partial charge >= 0.3 is 0 Å². The molecule has 0 bridgehead atoms. The molecule has 0 aliphatic carbocycles. The number of rotatable bonds is 4. The third-order valence-electron chi connectivity index (χ3n) is 4.82. The number of carbonyl (C=O) groups is 3. The number of nitrogens with zero attached hydrogens (tertiary/aromatic N) is 2. The van der Waals surface area contributed by atoms with E-state index in [9.17, 15) is 14.4 Å². The number of imide groups is 1. The molecule has 0 unspecified atom stereocenters. The minimum absolute atomic E-state index is 0.116. The molecule has 142 valence electrons. The van der Waals surface area contributed by atoms with Gasteiger partial charge in [-0.25, -0.2) is 0 Å². The Morgan fingerprint density at radius 1 is 1.00 bits per heavy atom. The van der Waals surface area contributed by atoms with Gasteiger partial charge in [0.1, 0.15) is 18.8 Å². The molecular weight excluding hydrogens is 378 g/mol. The maximum atomic E-state index is 12.8. The van der Waals surface area contributed by atoms with Gasteiger partial charge in [0.25, 0.3) is 5.91 Å². The summed E-state index contributed by atoms with van der Waals surface area (Å²) >= 11 is 5.98. The van der Waals surface area contributed by atoms with Gasteiger partial charge in [-0.3, -0.25) is 19.3 Å². The average Bonchev–Trinajstić information content (AvgIpc) is 3.10. The first-order chi connectivity index (χ1) is 13.5. The predicted molar refractivity (Wildman–Crippen MR) is 106 cm³/mol. The Hall–Kier alpha value is -3.12. The van der Waals surface area contributed by atoms with E-state index in [1.165, 1.54) is 9.80 Å². The van der Waals surface area contributed by atoms with E-state index >= 15 is 0 Å². The van der Waals surface area contributed by atoms with E-state index < -0.39 is 0 Å². The zero-order valence-electron chi connectivity index (χ0n) is 15.0. The predicted octanol–water partition coefficient (Wildman–Crippen LogP) is 2.88. The molecule has 0 atom stereocenters. The second-order valence-corrected chi connectivity index (χ2v) is 7.19. The number of nitrogens with one attached hydrogen (secondary N) is 1. The first-order valence-electron chi connectivity index (χ1n) is 8.96. The normalized spacial score (nSPS) is 14.8. The molecular formula is C21H18ClN3O3. The van der Waals surface area contributed by atoms with Crippen LogP contribution in [0.15, 0.2) is 54.6 Å². The lowest BCUT2D eigenvalue weighted by atomic mass is 10.1. The molecule has 28 heavy (non-hydrogen) atoms. The highest BCUT2D eigenvalue weighted by atomic mass is 35.5. The molecule has 0 spiro atoms. The SMILES string of the molecule is O=C(c1cc2cc(Cl)ccc2[nH]1)N1CC(=O)N(CCc2ccccc2)C(=O)C1. The minimum atomic E-state index is -0.378. The standard InChI is InChI=1S/C21H18ClN3O3/c22-16-6-7-17-15(10-16)11-18(23-17)21(28)24-12-19(26)25(20(27)13-24)9-8-14-4-2-1-3-5-14/h1-7,10-11,23H,8-9,12-13H2. The minimum Gasteiger partial charge on any atom is -0.351 e. The van der Waals surface area contributed by atoms with Crippen molar-refractivity contribution in [3.63, 3.8) is 0 Å². The summed E-state index contributed by atoms with van der Waals surface area (Å²) < 4.78 is 0. The highest BCUT2D eigenvalue weighted by molar-refractivity contribution is 6.31. The third-order valence-corrected chi connectivity index (χ3v) is 5.06. The smallest absolute Gasteiger partial charge is 0.271 e. The van der Waals surface area contributed by atoms with Crippen LogP contribution in [0.1, 0.15) is 16.1 Å². The van der Waals surface area contributed by atoms with Gasteiger partial charge in [-0.05, 0) is 36.2 Å². The number of aromatic nitrogens is 1. The summed E-state index contributed by atoms with van der Waals surface area (Å²) in [6, 6.07) is 16.6. The van der Waals surface area contributed by atoms with Gasteiger partial charge in [0.2, 0.25) is 11.8 Å². The number of benzene rings is 2. The van der Waals surface area contributed by atoms with Crippen LogP contribution in [0.3, 0.4) is 0 Å². The van der Waals surface area contributed by atoms with E-state index in [0.717, 1.165) is 16.5 Å². The van der Waals surface area contributed by atoms with Crippen LogP contribution in [0.5, 0.6) is 0 Å². The molecule has 3 aromatic rings. The number of aromatic amines is 1. The van der Waals surface area contributed by atoms with Gasteiger partial charge in [-0.1, -0.05) is 41.9 Å². The van der Waals surface area contributed by atoms with Gasteiger partial charge in [0.15, 0.2) is 0 Å². The van der Waals surface area contributed by atoms with Gasteiger partial charge in [0.05, 0.1) is 0 Å². The summed E-state index contributed by atoms with van der Waals surface area (Å²) in [5.41, 5.74) is 2.15. The quantitative estimate of drug-likeness (QED) is 0.690. The van der Waals surface area contributed by atoms with Crippen LogP contribution >= 0.6 is 11.6 Å². The molecule has 7 heteroatoms. The van der Waals surface area contributed by atoms with E-state index in [1.807, 2.05) is 30.3 Å². The van der Waals surface area contributed by atoms with Gasteiger partial charge < -0.3 is 9.88 Å². The van der Waals surface area contributed by atoms with Crippen molar-refractivity contribution in [3.8, 4) is 0 Å². The van der Waals surface area contributed by atoms with E-state index in [4.69, 9.17) is 11.6 Å². The van der Waals surface area contributed by atoms with E-state index in [1.54, 1.807) is 24.3 Å². The lowest BCUT2D eigenvalue weighted by molar-refractivity contribution is -0.150. The summed E-state index contributed by atoms with van der Waals surface area (Å²) in [4.78, 5) is 43.2. The maximum Gasteiger partial charge on any atom is 0.271 e. The lowest BCUT2D eigenvalue weighted by Crippen LogP contribution is -2.56. The number of hydrogen-bond donors (Lipinski definition) is 1. The second-order valence-electron chi connectivity index (χ2n) is 6.75. The van der Waals surface area contributed by atoms with Crippen LogP contribution in [0, 0.1) is 0 Å². The number of H-pyrrole nitrogens is 1. The Balaban J connectivity index is 1.45. The summed E-state index contributed by atoms with van der Waals surface area (Å²) in [5.74, 6) is -1.10. The molecule has 2 heterocycles. The molecule has 1 aliphatic heterocycles. The number of piperazine rings is 1. The number of carbonyl (C=O) groups excluding carboxylic acids is 3. The van der Waals surface area contributed by atoms with Gasteiger partial charge in [-0.2, -0.15) is 0 Å². The Labute approximate surface area is 166 Å². The first-order valence-corrected chi connectivity index (χ1v) is 9.34. The van der Waals surface area contributed by atoms with E-state index in [-0.39, 0.29) is 30.8 Å². The molecule has 4 rings (SSSR count). The van der Waals surface area contributed by atoms with E-state index in [2.05, 4.69) is 4.98 Å². The Bertz CT molecular complexity index is 1040. The van der Waals surface area contributed by atoms with Crippen LogP contribution in [-0.2, 0) is 16.0 Å². The fourth-order valence-electron chi connectivity index (χ4n) is 3.36. The first kappa shape index (κ1) is 18.3. The number of halogens is 1. The van der Waals surface area contributed by atoms with Crippen molar-refractivity contribution in [2.24, 2.45) is 0 Å². The van der Waals surface area contributed by atoms with Crippen molar-refractivity contribution >= 4 is 40.2 Å². The zero-order valence-corrected chi connectivity index (χ0v) is 15.8. The number of amides is 3. The van der Waals surface area contributed by atoms with Gasteiger partial charge in [0, 0.05) is 22.5 Å². The monoisotopic (exact) mass is 395 g/mol. The van der Waals surface area contributed by atoms with Crippen LogP contribution < -0.4 is 0 Å². The van der Waals surface area contributed by atoms with Crippen molar-refractivity contribution in [2.45, 2.75) is 6.42 Å². The highest BCUT2D eigenvalue weighted by Gasteiger charge is 2.34.